The average Bonchev–Trinajstić information content (AvgIpc) is 2.65. The van der Waals surface area contributed by atoms with Crippen LogP contribution in [-0.4, -0.2) is 40.5 Å². The van der Waals surface area contributed by atoms with Crippen LogP contribution in [-0.2, 0) is 11.8 Å². The molecule has 7 nitrogen and oxygen atoms in total. The number of aromatic nitrogens is 2. The van der Waals surface area contributed by atoms with Gasteiger partial charge in [0.15, 0.2) is 0 Å². The summed E-state index contributed by atoms with van der Waals surface area (Å²) in [6.07, 6.45) is 2.13. The van der Waals surface area contributed by atoms with Gasteiger partial charge in [-0.1, -0.05) is 0 Å². The van der Waals surface area contributed by atoms with E-state index in [4.69, 9.17) is 4.74 Å². The number of aryl methyl sites for hydroxylation is 2. The molecule has 0 N–H and O–H groups in total. The molecule has 1 unspecified atom stereocenters. The van der Waals surface area contributed by atoms with Gasteiger partial charge in [-0.05, 0) is 26.7 Å². The van der Waals surface area contributed by atoms with Gasteiger partial charge in [0.1, 0.15) is 5.69 Å². The first-order valence-electron chi connectivity index (χ1n) is 6.59. The van der Waals surface area contributed by atoms with Gasteiger partial charge in [-0.2, -0.15) is 5.10 Å². The lowest BCUT2D eigenvalue weighted by Crippen LogP contribution is -2.40. The lowest BCUT2D eigenvalue weighted by Gasteiger charge is -2.33. The molecular weight excluding hydrogens is 248 g/mol. The van der Waals surface area contributed by atoms with Crippen LogP contribution in [0.15, 0.2) is 0 Å². The van der Waals surface area contributed by atoms with Gasteiger partial charge < -0.3 is 9.64 Å². The molecule has 0 spiro atoms. The molecule has 2 rings (SSSR count). The van der Waals surface area contributed by atoms with Crippen LogP contribution < -0.4 is 4.90 Å². The summed E-state index contributed by atoms with van der Waals surface area (Å²) in [6.45, 7) is 5.81. The third-order valence-electron chi connectivity index (χ3n) is 3.42. The summed E-state index contributed by atoms with van der Waals surface area (Å²) in [7, 11) is 1.75. The van der Waals surface area contributed by atoms with E-state index in [0.29, 0.717) is 24.7 Å². The average molecular weight is 268 g/mol. The highest BCUT2D eigenvalue weighted by Crippen LogP contribution is 2.32. The Hall–Kier alpha value is -1.63. The normalized spacial score (nSPS) is 19.7. The Morgan fingerprint density at radius 1 is 1.58 bits per heavy atom. The fourth-order valence-corrected chi connectivity index (χ4v) is 2.71. The molecule has 1 saturated heterocycles. The third kappa shape index (κ3) is 2.70. The zero-order chi connectivity index (χ0) is 14.0. The number of piperidine rings is 1. The van der Waals surface area contributed by atoms with Gasteiger partial charge >= 0.3 is 5.69 Å². The predicted octanol–water partition coefficient (Wildman–Crippen LogP) is 1.64. The van der Waals surface area contributed by atoms with E-state index in [0.717, 1.165) is 19.4 Å². The Kier molecular flexibility index (Phi) is 4.04. The summed E-state index contributed by atoms with van der Waals surface area (Å²) < 4.78 is 7.24. The largest absolute Gasteiger partial charge is 0.377 e. The maximum absolute atomic E-state index is 11.2. The van der Waals surface area contributed by atoms with Crippen molar-refractivity contribution in [2.75, 3.05) is 24.6 Å². The molecule has 19 heavy (non-hydrogen) atoms. The van der Waals surface area contributed by atoms with Crippen LogP contribution in [0.3, 0.4) is 0 Å². The Labute approximate surface area is 112 Å². The van der Waals surface area contributed by atoms with Crippen LogP contribution in [0.25, 0.3) is 0 Å². The van der Waals surface area contributed by atoms with Crippen molar-refractivity contribution in [1.82, 2.24) is 9.78 Å². The highest BCUT2D eigenvalue weighted by Gasteiger charge is 2.31. The van der Waals surface area contributed by atoms with Gasteiger partial charge in [0, 0.05) is 26.7 Å². The molecule has 0 saturated carbocycles. The highest BCUT2D eigenvalue weighted by atomic mass is 16.6. The molecular formula is C12H20N4O3. The maximum Gasteiger partial charge on any atom is 0.333 e. The second kappa shape index (κ2) is 5.56. The van der Waals surface area contributed by atoms with Crippen molar-refractivity contribution in [3.05, 3.63) is 15.8 Å². The summed E-state index contributed by atoms with van der Waals surface area (Å²) in [5.74, 6) is 0.590. The van der Waals surface area contributed by atoms with Crippen molar-refractivity contribution in [2.24, 2.45) is 7.05 Å². The van der Waals surface area contributed by atoms with Crippen LogP contribution in [0.1, 0.15) is 25.5 Å². The number of hydrogen-bond donors (Lipinski definition) is 0. The van der Waals surface area contributed by atoms with Crippen LogP contribution in [0, 0.1) is 17.0 Å². The molecule has 0 amide bonds. The lowest BCUT2D eigenvalue weighted by molar-refractivity contribution is -0.384. The van der Waals surface area contributed by atoms with E-state index in [1.165, 1.54) is 0 Å². The molecule has 1 aromatic rings. The van der Waals surface area contributed by atoms with E-state index < -0.39 is 0 Å². The molecule has 1 aliphatic rings. The minimum atomic E-state index is -0.345. The molecule has 7 heteroatoms. The number of nitro groups is 1. The van der Waals surface area contributed by atoms with Gasteiger partial charge in [-0.3, -0.25) is 10.1 Å². The van der Waals surface area contributed by atoms with Crippen molar-refractivity contribution in [1.29, 1.82) is 0 Å². The minimum absolute atomic E-state index is 0.111. The molecule has 2 heterocycles. The predicted molar refractivity (Wildman–Crippen MR) is 71.5 cm³/mol. The van der Waals surface area contributed by atoms with Gasteiger partial charge in [-0.15, -0.1) is 0 Å². The van der Waals surface area contributed by atoms with Crippen molar-refractivity contribution < 1.29 is 9.66 Å². The fourth-order valence-electron chi connectivity index (χ4n) is 2.71. The molecule has 0 radical (unpaired) electrons. The second-order valence-electron chi connectivity index (χ2n) is 4.80. The Balaban J connectivity index is 2.28. The van der Waals surface area contributed by atoms with Gasteiger partial charge in [0.05, 0.1) is 11.0 Å². The first kappa shape index (κ1) is 13.8. The number of hydrogen-bond acceptors (Lipinski definition) is 5. The zero-order valence-electron chi connectivity index (χ0n) is 11.6. The molecule has 1 fully saturated rings. The SMILES string of the molecule is CCOC1CCCN(c2c([N+](=O)[O-])c(C)nn2C)C1. The van der Waals surface area contributed by atoms with Gasteiger partial charge in [-0.25, -0.2) is 4.68 Å². The monoisotopic (exact) mass is 268 g/mol. The summed E-state index contributed by atoms with van der Waals surface area (Å²) in [4.78, 5) is 12.9. The van der Waals surface area contributed by atoms with E-state index in [1.807, 2.05) is 11.8 Å². The van der Waals surface area contributed by atoms with Gasteiger partial charge in [0.2, 0.25) is 5.82 Å². The van der Waals surface area contributed by atoms with E-state index in [1.54, 1.807) is 18.7 Å². The molecule has 0 aliphatic carbocycles. The zero-order valence-corrected chi connectivity index (χ0v) is 11.6. The first-order valence-corrected chi connectivity index (χ1v) is 6.59. The minimum Gasteiger partial charge on any atom is -0.377 e. The van der Waals surface area contributed by atoms with Crippen LogP contribution in [0.2, 0.25) is 0 Å². The Bertz CT molecular complexity index is 470. The molecule has 1 atom stereocenters. The molecule has 0 aromatic carbocycles. The van der Waals surface area contributed by atoms with Crippen LogP contribution in [0.5, 0.6) is 0 Å². The number of nitrogens with zero attached hydrogens (tertiary/aromatic N) is 4. The van der Waals surface area contributed by atoms with Crippen LogP contribution >= 0.6 is 0 Å². The molecule has 0 bridgehead atoms. The fraction of sp³-hybridized carbons (Fsp3) is 0.750. The maximum atomic E-state index is 11.2. The molecule has 1 aliphatic heterocycles. The molecule has 106 valence electrons. The van der Waals surface area contributed by atoms with E-state index in [9.17, 15) is 10.1 Å². The van der Waals surface area contributed by atoms with Crippen LogP contribution in [0.4, 0.5) is 11.5 Å². The quantitative estimate of drug-likeness (QED) is 0.613. The number of ether oxygens (including phenoxy) is 1. The third-order valence-corrected chi connectivity index (χ3v) is 3.42. The Morgan fingerprint density at radius 2 is 2.32 bits per heavy atom. The topological polar surface area (TPSA) is 73.4 Å². The molecule has 1 aromatic heterocycles. The summed E-state index contributed by atoms with van der Waals surface area (Å²) in [5, 5.41) is 15.4. The summed E-state index contributed by atoms with van der Waals surface area (Å²) in [6, 6.07) is 0. The van der Waals surface area contributed by atoms with Gasteiger partial charge in [0.25, 0.3) is 0 Å². The lowest BCUT2D eigenvalue weighted by atomic mass is 10.1. The first-order chi connectivity index (χ1) is 9.04. The van der Waals surface area contributed by atoms with E-state index >= 15 is 0 Å². The smallest absolute Gasteiger partial charge is 0.333 e. The summed E-state index contributed by atoms with van der Waals surface area (Å²) >= 11 is 0. The van der Waals surface area contributed by atoms with Crippen molar-refractivity contribution >= 4 is 11.5 Å². The standard InChI is InChI=1S/C12H20N4O3/c1-4-19-10-6-5-7-15(8-10)12-11(16(17)18)9(2)13-14(12)3/h10H,4-8H2,1-3H3. The number of anilines is 1. The highest BCUT2D eigenvalue weighted by molar-refractivity contribution is 5.61. The van der Waals surface area contributed by atoms with E-state index in [2.05, 4.69) is 5.10 Å². The van der Waals surface area contributed by atoms with Crippen molar-refractivity contribution in [3.8, 4) is 0 Å². The second-order valence-corrected chi connectivity index (χ2v) is 4.80. The van der Waals surface area contributed by atoms with Crippen molar-refractivity contribution in [2.45, 2.75) is 32.8 Å². The van der Waals surface area contributed by atoms with Crippen molar-refractivity contribution in [3.63, 3.8) is 0 Å². The summed E-state index contributed by atoms with van der Waals surface area (Å²) in [5.41, 5.74) is 0.570. The Morgan fingerprint density at radius 3 is 2.95 bits per heavy atom. The van der Waals surface area contributed by atoms with E-state index in [-0.39, 0.29) is 16.7 Å². The number of rotatable bonds is 4.